The molecule has 63 heavy (non-hydrogen) atoms. The average Bonchev–Trinajstić information content (AvgIpc) is 3.24. The highest BCUT2D eigenvalue weighted by Gasteiger charge is 2.23. The number of amides is 2. The predicted molar refractivity (Wildman–Crippen MR) is 250 cm³/mol. The lowest BCUT2D eigenvalue weighted by Gasteiger charge is -2.26. The van der Waals surface area contributed by atoms with Gasteiger partial charge in [-0.05, 0) is 54.7 Å². The van der Waals surface area contributed by atoms with E-state index in [0.29, 0.717) is 23.9 Å². The van der Waals surface area contributed by atoms with E-state index in [1.165, 1.54) is 29.8 Å². The van der Waals surface area contributed by atoms with Crippen molar-refractivity contribution in [3.63, 3.8) is 0 Å². The summed E-state index contributed by atoms with van der Waals surface area (Å²) in [6.07, 6.45) is 4.97. The van der Waals surface area contributed by atoms with Crippen molar-refractivity contribution in [2.45, 2.75) is 44.0 Å². The number of aliphatic carboxylic acids is 1. The number of hydrogen-bond donors (Lipinski definition) is 3. The number of ether oxygens (including phenoxy) is 3. The number of methoxy groups -OCH3 is 2. The number of carbonyl (C=O) groups excluding carboxylic acids is 3. The maximum absolute atomic E-state index is 12.0. The number of nitro benzene ring substituents is 1. The van der Waals surface area contributed by atoms with Gasteiger partial charge in [0.25, 0.3) is 11.6 Å². The summed E-state index contributed by atoms with van der Waals surface area (Å²) >= 11 is 28.2. The van der Waals surface area contributed by atoms with Crippen LogP contribution in [0.3, 0.4) is 0 Å². The Morgan fingerprint density at radius 3 is 1.97 bits per heavy atom. The number of nitrogens with two attached hydrogens (primary N) is 1. The minimum atomic E-state index is -3.10. The standard InChI is InChI=1S/C14H9Cl2NO5.C14H20ClNO2.C8H11Cl2NO.C5H12NO4P/c1-21-14(18)10-7-9(3-4-12(10)17(19)20)22-13-5-2-8(15)6-11(13)16;1-4-11-7-6-8-12(5-2)14(11)16(10-18-3)13(17)9-15;1-3-5-11(6-4-2)8(12)7(9)10;1-11(9,10)3-2-4(6)5(7)8/h2-7H,1H3;6-8H,4-5,9-10H2,1-3H3;3-4,7H,1-2,5-6H2;4H,2-3,6H2,1H3,(H,7,8)(H,9,10). The molecule has 0 aliphatic rings. The number of hydrogen-bond acceptors (Lipinski definition) is 11. The highest BCUT2D eigenvalue weighted by molar-refractivity contribution is 7.57. The highest BCUT2D eigenvalue weighted by atomic mass is 35.5. The van der Waals surface area contributed by atoms with Gasteiger partial charge in [0.2, 0.25) is 5.91 Å². The monoisotopic (exact) mass is 998 g/mol. The number of esters is 1. The summed E-state index contributed by atoms with van der Waals surface area (Å²) in [4.78, 5) is 66.0. The molecule has 0 spiro atoms. The van der Waals surface area contributed by atoms with E-state index in [1.54, 1.807) is 36.3 Å². The first-order valence-electron chi connectivity index (χ1n) is 18.6. The van der Waals surface area contributed by atoms with Gasteiger partial charge >= 0.3 is 11.9 Å². The van der Waals surface area contributed by atoms with Crippen LogP contribution in [0.4, 0.5) is 11.4 Å². The molecule has 3 rings (SSSR count). The first kappa shape index (κ1) is 58.8. The molecule has 22 heteroatoms. The summed E-state index contributed by atoms with van der Waals surface area (Å²) in [6, 6.07) is 13.4. The van der Waals surface area contributed by atoms with Crippen LogP contribution in [-0.4, -0.2) is 107 Å². The van der Waals surface area contributed by atoms with E-state index in [0.717, 1.165) is 42.8 Å². The molecule has 0 saturated heterocycles. The number of halogens is 5. The fraction of sp³-hybridized carbons (Fsp3) is 0.366. The largest absolute Gasteiger partial charge is 0.480 e. The minimum absolute atomic E-state index is 0.0371. The molecule has 2 amide bonds. The van der Waals surface area contributed by atoms with Crippen LogP contribution >= 0.6 is 65.4 Å². The number of carboxylic acids is 1. The van der Waals surface area contributed by atoms with Gasteiger partial charge in [0.05, 0.1) is 22.7 Å². The summed E-state index contributed by atoms with van der Waals surface area (Å²) in [5, 5.41) is 19.9. The average molecular weight is 1000 g/mol. The molecule has 348 valence electrons. The SMILES string of the molecule is C=CCN(CC=C)C(=O)C(Cl)Cl.CCc1cccc(CC)c1N(COC)C(=O)CCl.COC(=O)c1cc(Oc2ccc(Cl)cc2Cl)ccc1[N+](=O)[O-].CP(=O)(O)CCC(N)C(=O)O. The van der Waals surface area contributed by atoms with Gasteiger partial charge in [0.1, 0.15) is 35.7 Å². The van der Waals surface area contributed by atoms with E-state index in [-0.39, 0.29) is 59.0 Å². The molecule has 0 saturated carbocycles. The van der Waals surface area contributed by atoms with Crippen LogP contribution in [0.15, 0.2) is 79.9 Å². The Balaban J connectivity index is 0.000000849. The highest BCUT2D eigenvalue weighted by Crippen LogP contribution is 2.36. The number of nitrogens with zero attached hydrogens (tertiary/aromatic N) is 3. The Hall–Kier alpha value is -4.22. The number of nitro groups is 1. The second-order valence-electron chi connectivity index (χ2n) is 12.7. The van der Waals surface area contributed by atoms with Gasteiger partial charge < -0.3 is 34.8 Å². The molecule has 0 aliphatic carbocycles. The minimum Gasteiger partial charge on any atom is -0.480 e. The third-order valence-electron chi connectivity index (χ3n) is 7.97. The topological polar surface area (TPSA) is 229 Å². The van der Waals surface area contributed by atoms with E-state index in [2.05, 4.69) is 31.7 Å². The van der Waals surface area contributed by atoms with Crippen LogP contribution in [0.1, 0.15) is 41.8 Å². The van der Waals surface area contributed by atoms with Gasteiger partial charge in [-0.15, -0.1) is 24.8 Å². The molecule has 0 bridgehead atoms. The third kappa shape index (κ3) is 21.8. The molecule has 0 aliphatic heterocycles. The predicted octanol–water partition coefficient (Wildman–Crippen LogP) is 9.15. The molecule has 16 nitrogen and oxygen atoms in total. The van der Waals surface area contributed by atoms with Crippen molar-refractivity contribution in [3.8, 4) is 11.5 Å². The van der Waals surface area contributed by atoms with Crippen molar-refractivity contribution in [1.82, 2.24) is 4.90 Å². The first-order chi connectivity index (χ1) is 29.6. The van der Waals surface area contributed by atoms with Gasteiger partial charge in [-0.3, -0.25) is 34.0 Å². The number of rotatable bonds is 19. The van der Waals surface area contributed by atoms with E-state index in [1.807, 2.05) is 18.2 Å². The Morgan fingerprint density at radius 2 is 1.56 bits per heavy atom. The van der Waals surface area contributed by atoms with E-state index in [4.69, 9.17) is 83.2 Å². The van der Waals surface area contributed by atoms with Crippen molar-refractivity contribution in [2.24, 2.45) is 5.73 Å². The van der Waals surface area contributed by atoms with E-state index >= 15 is 0 Å². The maximum atomic E-state index is 12.0. The lowest BCUT2D eigenvalue weighted by molar-refractivity contribution is -0.385. The molecular formula is C41H52Cl5N4O12P. The Morgan fingerprint density at radius 1 is 0.984 bits per heavy atom. The van der Waals surface area contributed by atoms with Crippen molar-refractivity contribution in [1.29, 1.82) is 0 Å². The summed E-state index contributed by atoms with van der Waals surface area (Å²) in [7, 11) is -0.390. The summed E-state index contributed by atoms with van der Waals surface area (Å²) in [5.74, 6) is -1.96. The molecule has 0 heterocycles. The van der Waals surface area contributed by atoms with Crippen LogP contribution in [0.25, 0.3) is 0 Å². The summed E-state index contributed by atoms with van der Waals surface area (Å²) < 4.78 is 25.8. The van der Waals surface area contributed by atoms with Gasteiger partial charge in [0.15, 0.2) is 12.2 Å². The second kappa shape index (κ2) is 30.8. The Labute approximate surface area is 392 Å². The van der Waals surface area contributed by atoms with Crippen molar-refractivity contribution < 1.29 is 52.9 Å². The Kier molecular flexibility index (Phi) is 28.7. The van der Waals surface area contributed by atoms with Gasteiger partial charge in [0, 0.05) is 50.2 Å². The van der Waals surface area contributed by atoms with Gasteiger partial charge in [-0.1, -0.05) is 90.6 Å². The first-order valence-corrected chi connectivity index (χ1v) is 23.0. The number of para-hydroxylation sites is 1. The van der Waals surface area contributed by atoms with Crippen molar-refractivity contribution in [2.75, 3.05) is 57.6 Å². The number of benzene rings is 3. The Bertz CT molecular complexity index is 2020. The number of carboxylic acid groups (broad SMARTS) is 1. The zero-order valence-corrected chi connectivity index (χ0v) is 40.0. The second-order valence-corrected chi connectivity index (χ2v) is 17.5. The van der Waals surface area contributed by atoms with E-state index in [9.17, 15) is 33.9 Å². The molecule has 0 aromatic heterocycles. The molecule has 2 unspecified atom stereocenters. The molecule has 2 atom stereocenters. The number of carbonyl (C=O) groups is 4. The zero-order valence-electron chi connectivity index (χ0n) is 35.3. The smallest absolute Gasteiger partial charge is 0.345 e. The van der Waals surface area contributed by atoms with E-state index < -0.39 is 35.1 Å². The zero-order chi connectivity index (χ0) is 48.4. The van der Waals surface area contributed by atoms with Gasteiger partial charge in [-0.2, -0.15) is 0 Å². The van der Waals surface area contributed by atoms with Crippen LogP contribution in [-0.2, 0) is 41.3 Å². The number of aryl methyl sites for hydroxylation is 2. The molecular weight excluding hydrogens is 949 g/mol. The fourth-order valence-corrected chi connectivity index (χ4v) is 6.55. The normalized spacial score (nSPS) is 11.6. The maximum Gasteiger partial charge on any atom is 0.345 e. The fourth-order valence-electron chi connectivity index (χ4n) is 4.93. The molecule has 0 fully saturated rings. The van der Waals surface area contributed by atoms with Crippen LogP contribution in [0.5, 0.6) is 11.5 Å². The lowest BCUT2D eigenvalue weighted by Crippen LogP contribution is -2.35. The lowest BCUT2D eigenvalue weighted by atomic mass is 10.0. The molecule has 4 N–H and O–H groups in total. The number of anilines is 1. The molecule has 0 radical (unpaired) electrons. The van der Waals surface area contributed by atoms with Crippen molar-refractivity contribution in [3.05, 3.63) is 117 Å². The molecule has 3 aromatic carbocycles. The molecule has 3 aromatic rings. The van der Waals surface area contributed by atoms with Crippen LogP contribution in [0, 0.1) is 10.1 Å². The van der Waals surface area contributed by atoms with Crippen molar-refractivity contribution >= 4 is 101 Å². The number of alkyl halides is 3. The van der Waals surface area contributed by atoms with Crippen LogP contribution < -0.4 is 15.4 Å². The van der Waals surface area contributed by atoms with Crippen LogP contribution in [0.2, 0.25) is 10.0 Å². The summed E-state index contributed by atoms with van der Waals surface area (Å²) in [6.45, 7) is 13.5. The summed E-state index contributed by atoms with van der Waals surface area (Å²) in [5.41, 5.74) is 7.75. The third-order valence-corrected chi connectivity index (χ3v) is 10.2. The quantitative estimate of drug-likeness (QED) is 0.0194. The van der Waals surface area contributed by atoms with Gasteiger partial charge in [-0.25, -0.2) is 4.79 Å².